The maximum absolute atomic E-state index is 5.23. The third-order valence-corrected chi connectivity index (χ3v) is 3.06. The van der Waals surface area contributed by atoms with Crippen LogP contribution >= 0.6 is 15.9 Å². The fraction of sp³-hybridized carbons (Fsp3) is 0.273. The Balaban J connectivity index is 2.86. The molecule has 0 fully saturated rings. The van der Waals surface area contributed by atoms with E-state index in [1.165, 1.54) is 0 Å². The molecule has 15 heavy (non-hydrogen) atoms. The van der Waals surface area contributed by atoms with Crippen molar-refractivity contribution in [3.8, 4) is 5.75 Å². The molecular weight excluding hydrogens is 256 g/mol. The second-order valence-electron chi connectivity index (χ2n) is 3.33. The first-order valence-electron chi connectivity index (χ1n) is 4.61. The van der Waals surface area contributed by atoms with Crippen molar-refractivity contribution in [3.63, 3.8) is 0 Å². The van der Waals surface area contributed by atoms with Crippen LogP contribution in [0.2, 0.25) is 0 Å². The van der Waals surface area contributed by atoms with E-state index in [0.29, 0.717) is 0 Å². The van der Waals surface area contributed by atoms with E-state index in [1.54, 1.807) is 7.11 Å². The Kier molecular flexibility index (Phi) is 2.61. The van der Waals surface area contributed by atoms with Crippen molar-refractivity contribution in [3.05, 3.63) is 28.1 Å². The van der Waals surface area contributed by atoms with E-state index in [-0.39, 0.29) is 0 Å². The van der Waals surface area contributed by atoms with Gasteiger partial charge in [-0.05, 0) is 41.9 Å². The van der Waals surface area contributed by atoms with Crippen molar-refractivity contribution in [2.45, 2.75) is 13.8 Å². The molecule has 0 radical (unpaired) electrons. The smallest absolute Gasteiger partial charge is 0.135 e. The summed E-state index contributed by atoms with van der Waals surface area (Å²) in [4.78, 5) is 8.73. The Morgan fingerprint density at radius 3 is 2.60 bits per heavy atom. The monoisotopic (exact) mass is 266 g/mol. The van der Waals surface area contributed by atoms with Gasteiger partial charge in [-0.3, -0.25) is 0 Å². The minimum absolute atomic E-state index is 0.772. The summed E-state index contributed by atoms with van der Waals surface area (Å²) in [7, 11) is 1.65. The van der Waals surface area contributed by atoms with Gasteiger partial charge in [0.15, 0.2) is 0 Å². The molecular formula is C11H11BrN2O. The van der Waals surface area contributed by atoms with Crippen molar-refractivity contribution in [1.82, 2.24) is 9.97 Å². The minimum Gasteiger partial charge on any atom is -0.495 e. The Labute approximate surface area is 96.6 Å². The van der Waals surface area contributed by atoms with Crippen molar-refractivity contribution < 1.29 is 4.74 Å². The predicted molar refractivity (Wildman–Crippen MR) is 63.3 cm³/mol. The average molecular weight is 267 g/mol. The first kappa shape index (κ1) is 10.4. The van der Waals surface area contributed by atoms with Crippen LogP contribution in [-0.2, 0) is 0 Å². The molecule has 2 aromatic rings. The summed E-state index contributed by atoms with van der Waals surface area (Å²) in [5.41, 5.74) is 1.89. The van der Waals surface area contributed by atoms with E-state index in [4.69, 9.17) is 4.74 Å². The number of nitrogens with zero attached hydrogens (tertiary/aromatic N) is 2. The fourth-order valence-electron chi connectivity index (χ4n) is 1.59. The van der Waals surface area contributed by atoms with Crippen molar-refractivity contribution >= 4 is 26.8 Å². The third kappa shape index (κ3) is 1.69. The first-order valence-corrected chi connectivity index (χ1v) is 5.40. The van der Waals surface area contributed by atoms with E-state index in [2.05, 4.69) is 25.9 Å². The summed E-state index contributed by atoms with van der Waals surface area (Å²) >= 11 is 3.50. The van der Waals surface area contributed by atoms with Gasteiger partial charge in [0.1, 0.15) is 11.6 Å². The molecule has 2 rings (SSSR count). The molecule has 0 atom stereocenters. The Bertz CT molecular complexity index is 525. The molecule has 0 N–H and O–H groups in total. The van der Waals surface area contributed by atoms with Crippen LogP contribution in [-0.4, -0.2) is 17.1 Å². The number of ether oxygens (including phenoxy) is 1. The molecule has 4 heteroatoms. The number of rotatable bonds is 1. The second kappa shape index (κ2) is 3.77. The van der Waals surface area contributed by atoms with Crippen molar-refractivity contribution in [2.75, 3.05) is 7.11 Å². The van der Waals surface area contributed by atoms with E-state index in [1.807, 2.05) is 26.0 Å². The molecule has 1 aromatic heterocycles. The maximum atomic E-state index is 5.23. The fourth-order valence-corrected chi connectivity index (χ4v) is 2.19. The summed E-state index contributed by atoms with van der Waals surface area (Å²) in [5, 5.41) is 1.05. The maximum Gasteiger partial charge on any atom is 0.135 e. The lowest BCUT2D eigenvalue weighted by Gasteiger charge is -2.08. The molecule has 0 aliphatic rings. The zero-order valence-electron chi connectivity index (χ0n) is 8.84. The molecule has 1 aromatic carbocycles. The van der Waals surface area contributed by atoms with Crippen LogP contribution in [0.15, 0.2) is 16.6 Å². The lowest BCUT2D eigenvalue weighted by molar-refractivity contribution is 0.413. The largest absolute Gasteiger partial charge is 0.495 e. The summed E-state index contributed by atoms with van der Waals surface area (Å²) in [6, 6.07) is 3.89. The van der Waals surface area contributed by atoms with Crippen LogP contribution in [0.5, 0.6) is 5.75 Å². The second-order valence-corrected chi connectivity index (χ2v) is 4.13. The number of aryl methyl sites for hydroxylation is 2. The van der Waals surface area contributed by atoms with Gasteiger partial charge >= 0.3 is 0 Å². The van der Waals surface area contributed by atoms with Crippen LogP contribution in [0.25, 0.3) is 10.9 Å². The van der Waals surface area contributed by atoms with Crippen LogP contribution < -0.4 is 4.74 Å². The van der Waals surface area contributed by atoms with E-state index >= 15 is 0 Å². The van der Waals surface area contributed by atoms with Crippen molar-refractivity contribution in [2.24, 2.45) is 0 Å². The lowest BCUT2D eigenvalue weighted by Crippen LogP contribution is -1.95. The van der Waals surface area contributed by atoms with E-state index in [9.17, 15) is 0 Å². The number of fused-ring (bicyclic) bond motifs is 1. The molecule has 0 amide bonds. The van der Waals surface area contributed by atoms with Gasteiger partial charge in [-0.25, -0.2) is 9.97 Å². The van der Waals surface area contributed by atoms with Gasteiger partial charge in [0.2, 0.25) is 0 Å². The summed E-state index contributed by atoms with van der Waals surface area (Å²) in [6.07, 6.45) is 0. The quantitative estimate of drug-likeness (QED) is 0.796. The Morgan fingerprint density at radius 2 is 1.93 bits per heavy atom. The molecule has 0 aliphatic heterocycles. The van der Waals surface area contributed by atoms with Gasteiger partial charge < -0.3 is 4.74 Å². The van der Waals surface area contributed by atoms with Gasteiger partial charge in [0, 0.05) is 11.1 Å². The zero-order chi connectivity index (χ0) is 11.0. The number of hydrogen-bond donors (Lipinski definition) is 0. The summed E-state index contributed by atoms with van der Waals surface area (Å²) in [6.45, 7) is 3.87. The molecule has 1 heterocycles. The molecule has 0 spiro atoms. The Hall–Kier alpha value is -1.16. The number of halogens is 1. The molecule has 0 aliphatic carbocycles. The number of hydrogen-bond acceptors (Lipinski definition) is 3. The number of aromatic nitrogens is 2. The van der Waals surface area contributed by atoms with Crippen LogP contribution in [0.1, 0.15) is 11.5 Å². The molecule has 0 unspecified atom stereocenters. The molecule has 0 bridgehead atoms. The molecule has 3 nitrogen and oxygen atoms in total. The van der Waals surface area contributed by atoms with Crippen LogP contribution in [0, 0.1) is 13.8 Å². The predicted octanol–water partition coefficient (Wildman–Crippen LogP) is 3.02. The highest BCUT2D eigenvalue weighted by Crippen LogP contribution is 2.32. The first-order chi connectivity index (χ1) is 7.13. The van der Waals surface area contributed by atoms with Gasteiger partial charge in [-0.2, -0.15) is 0 Å². The standard InChI is InChI=1S/C11H11BrN2O/c1-6-8-4-5-9(15-3)10(12)11(8)14-7(2)13-6/h4-5H,1-3H3. The number of benzene rings is 1. The zero-order valence-corrected chi connectivity index (χ0v) is 10.4. The molecule has 0 saturated heterocycles. The minimum atomic E-state index is 0.772. The van der Waals surface area contributed by atoms with Crippen LogP contribution in [0.3, 0.4) is 0 Å². The van der Waals surface area contributed by atoms with Gasteiger partial charge in [-0.15, -0.1) is 0 Å². The summed E-state index contributed by atoms with van der Waals surface area (Å²) < 4.78 is 6.11. The normalized spacial score (nSPS) is 10.7. The van der Waals surface area contributed by atoms with Gasteiger partial charge in [0.25, 0.3) is 0 Å². The lowest BCUT2D eigenvalue weighted by atomic mass is 10.2. The average Bonchev–Trinajstić information content (AvgIpc) is 2.19. The highest BCUT2D eigenvalue weighted by Gasteiger charge is 2.09. The highest BCUT2D eigenvalue weighted by atomic mass is 79.9. The molecule has 78 valence electrons. The van der Waals surface area contributed by atoms with E-state index < -0.39 is 0 Å². The topological polar surface area (TPSA) is 35.0 Å². The third-order valence-electron chi connectivity index (χ3n) is 2.29. The highest BCUT2D eigenvalue weighted by molar-refractivity contribution is 9.10. The van der Waals surface area contributed by atoms with Gasteiger partial charge in [-0.1, -0.05) is 0 Å². The van der Waals surface area contributed by atoms with Gasteiger partial charge in [0.05, 0.1) is 17.1 Å². The SMILES string of the molecule is COc1ccc2c(C)nc(C)nc2c1Br. The Morgan fingerprint density at radius 1 is 1.20 bits per heavy atom. The van der Waals surface area contributed by atoms with E-state index in [0.717, 1.165) is 32.6 Å². The van der Waals surface area contributed by atoms with Crippen molar-refractivity contribution in [1.29, 1.82) is 0 Å². The number of methoxy groups -OCH3 is 1. The van der Waals surface area contributed by atoms with Crippen LogP contribution in [0.4, 0.5) is 0 Å². The molecule has 0 saturated carbocycles. The summed E-state index contributed by atoms with van der Waals surface area (Å²) in [5.74, 6) is 1.56.